The lowest BCUT2D eigenvalue weighted by Crippen LogP contribution is -2.11. The van der Waals surface area contributed by atoms with Crippen molar-refractivity contribution in [2.75, 3.05) is 7.05 Å². The summed E-state index contributed by atoms with van der Waals surface area (Å²) in [5.74, 6) is 0.887. The third-order valence-electron chi connectivity index (χ3n) is 3.03. The highest BCUT2D eigenvalue weighted by Gasteiger charge is 2.08. The van der Waals surface area contributed by atoms with Crippen molar-refractivity contribution in [1.29, 1.82) is 0 Å². The summed E-state index contributed by atoms with van der Waals surface area (Å²) in [6.07, 6.45) is 0. The van der Waals surface area contributed by atoms with Gasteiger partial charge in [-0.05, 0) is 57.3 Å². The van der Waals surface area contributed by atoms with Crippen LogP contribution in [0.25, 0.3) is 0 Å². The summed E-state index contributed by atoms with van der Waals surface area (Å²) in [6, 6.07) is 8.83. The van der Waals surface area contributed by atoms with E-state index in [2.05, 4.69) is 41.5 Å². The number of rotatable bonds is 4. The Morgan fingerprint density at radius 1 is 1.22 bits per heavy atom. The quantitative estimate of drug-likeness (QED) is 0.911. The average molecular weight is 262 g/mol. The highest BCUT2D eigenvalue weighted by molar-refractivity contribution is 7.99. The monoisotopic (exact) mass is 262 g/mol. The van der Waals surface area contributed by atoms with E-state index in [0.29, 0.717) is 11.3 Å². The van der Waals surface area contributed by atoms with Gasteiger partial charge in [0.15, 0.2) is 0 Å². The number of oxazole rings is 1. The second kappa shape index (κ2) is 5.59. The van der Waals surface area contributed by atoms with Gasteiger partial charge in [-0.3, -0.25) is 0 Å². The Bertz CT molecular complexity index is 500. The molecule has 0 spiro atoms. The van der Waals surface area contributed by atoms with E-state index in [1.165, 1.54) is 5.56 Å². The maximum atomic E-state index is 5.56. The highest BCUT2D eigenvalue weighted by Crippen LogP contribution is 2.29. The second-order valence-corrected chi connectivity index (χ2v) is 5.33. The molecule has 0 aliphatic rings. The smallest absolute Gasteiger partial charge is 0.260 e. The maximum absolute atomic E-state index is 5.56. The van der Waals surface area contributed by atoms with E-state index < -0.39 is 0 Å². The number of aryl methyl sites for hydroxylation is 2. The number of hydrogen-bond donors (Lipinski definition) is 1. The van der Waals surface area contributed by atoms with Gasteiger partial charge in [-0.15, -0.1) is 0 Å². The van der Waals surface area contributed by atoms with Crippen molar-refractivity contribution < 1.29 is 4.42 Å². The Labute approximate surface area is 112 Å². The summed E-state index contributed by atoms with van der Waals surface area (Å²) in [7, 11) is 1.96. The Morgan fingerprint density at radius 2 is 1.89 bits per heavy atom. The Hall–Kier alpha value is -1.26. The van der Waals surface area contributed by atoms with Gasteiger partial charge >= 0.3 is 0 Å². The van der Waals surface area contributed by atoms with E-state index >= 15 is 0 Å². The molecular formula is C14H18N2OS. The Kier molecular flexibility index (Phi) is 4.09. The van der Waals surface area contributed by atoms with Crippen molar-refractivity contribution in [3.05, 3.63) is 41.3 Å². The molecule has 0 radical (unpaired) electrons. The fraction of sp³-hybridized carbons (Fsp3) is 0.357. The summed E-state index contributed by atoms with van der Waals surface area (Å²) >= 11 is 1.55. The summed E-state index contributed by atoms with van der Waals surface area (Å²) in [4.78, 5) is 5.51. The van der Waals surface area contributed by atoms with E-state index in [4.69, 9.17) is 4.42 Å². The average Bonchev–Trinajstić information content (AvgIpc) is 2.68. The van der Waals surface area contributed by atoms with Crippen molar-refractivity contribution >= 4 is 11.8 Å². The van der Waals surface area contributed by atoms with E-state index in [0.717, 1.165) is 16.3 Å². The standard InChI is InChI=1S/C14H18N2OS/c1-9-11(3)17-14(16-9)18-13-7-5-12(6-8-13)10(2)15-4/h5-8,10,15H,1-4H3. The first-order chi connectivity index (χ1) is 8.60. The van der Waals surface area contributed by atoms with Gasteiger partial charge in [-0.25, -0.2) is 4.98 Å². The lowest BCUT2D eigenvalue weighted by molar-refractivity contribution is 0.431. The van der Waals surface area contributed by atoms with Crippen molar-refractivity contribution in [2.45, 2.75) is 36.9 Å². The third kappa shape index (κ3) is 2.94. The van der Waals surface area contributed by atoms with Crippen LogP contribution in [0.5, 0.6) is 0 Å². The lowest BCUT2D eigenvalue weighted by Gasteiger charge is -2.10. The molecule has 18 heavy (non-hydrogen) atoms. The number of benzene rings is 1. The van der Waals surface area contributed by atoms with Crippen molar-refractivity contribution in [2.24, 2.45) is 0 Å². The number of aromatic nitrogens is 1. The van der Waals surface area contributed by atoms with Gasteiger partial charge < -0.3 is 9.73 Å². The molecule has 0 fully saturated rings. The number of hydrogen-bond acceptors (Lipinski definition) is 4. The fourth-order valence-corrected chi connectivity index (χ4v) is 2.40. The normalized spacial score (nSPS) is 12.7. The van der Waals surface area contributed by atoms with Crippen LogP contribution in [0.4, 0.5) is 0 Å². The molecule has 1 N–H and O–H groups in total. The third-order valence-corrected chi connectivity index (χ3v) is 3.88. The van der Waals surface area contributed by atoms with E-state index in [1.54, 1.807) is 11.8 Å². The summed E-state index contributed by atoms with van der Waals surface area (Å²) in [5, 5.41) is 3.93. The number of nitrogens with zero attached hydrogens (tertiary/aromatic N) is 1. The molecule has 0 saturated heterocycles. The zero-order chi connectivity index (χ0) is 13.1. The number of nitrogens with one attached hydrogen (secondary N) is 1. The molecule has 1 aromatic heterocycles. The molecule has 0 aliphatic heterocycles. The van der Waals surface area contributed by atoms with Crippen LogP contribution in [0.3, 0.4) is 0 Å². The molecule has 2 rings (SSSR count). The molecule has 4 heteroatoms. The van der Waals surface area contributed by atoms with Gasteiger partial charge in [0, 0.05) is 10.9 Å². The van der Waals surface area contributed by atoms with Gasteiger partial charge in [0.2, 0.25) is 0 Å². The summed E-state index contributed by atoms with van der Waals surface area (Å²) in [5.41, 5.74) is 2.24. The molecule has 0 saturated carbocycles. The fourth-order valence-electron chi connectivity index (χ4n) is 1.58. The van der Waals surface area contributed by atoms with E-state index in [-0.39, 0.29) is 0 Å². The minimum absolute atomic E-state index is 0.371. The molecule has 1 aromatic carbocycles. The largest absolute Gasteiger partial charge is 0.436 e. The molecule has 96 valence electrons. The zero-order valence-corrected chi connectivity index (χ0v) is 12.0. The predicted molar refractivity (Wildman–Crippen MR) is 74.0 cm³/mol. The Balaban J connectivity index is 2.10. The van der Waals surface area contributed by atoms with Crippen molar-refractivity contribution in [3.8, 4) is 0 Å². The van der Waals surface area contributed by atoms with Crippen LogP contribution in [0.1, 0.15) is 30.0 Å². The first-order valence-corrected chi connectivity index (χ1v) is 6.81. The van der Waals surface area contributed by atoms with Gasteiger partial charge in [0.05, 0.1) is 5.69 Å². The summed E-state index contributed by atoms with van der Waals surface area (Å²) in [6.45, 7) is 6.04. The minimum atomic E-state index is 0.371. The highest BCUT2D eigenvalue weighted by atomic mass is 32.2. The van der Waals surface area contributed by atoms with Crippen LogP contribution >= 0.6 is 11.8 Å². The predicted octanol–water partition coefficient (Wildman–Crippen LogP) is 3.72. The van der Waals surface area contributed by atoms with Crippen LogP contribution < -0.4 is 5.32 Å². The molecule has 1 heterocycles. The minimum Gasteiger partial charge on any atom is -0.436 e. The molecule has 1 unspecified atom stereocenters. The molecular weight excluding hydrogens is 244 g/mol. The first kappa shape index (κ1) is 13.2. The maximum Gasteiger partial charge on any atom is 0.260 e. The van der Waals surface area contributed by atoms with Gasteiger partial charge in [-0.1, -0.05) is 12.1 Å². The van der Waals surface area contributed by atoms with E-state index in [1.807, 2.05) is 20.9 Å². The van der Waals surface area contributed by atoms with Gasteiger partial charge in [-0.2, -0.15) is 0 Å². The topological polar surface area (TPSA) is 38.1 Å². The zero-order valence-electron chi connectivity index (χ0n) is 11.2. The van der Waals surface area contributed by atoms with E-state index in [9.17, 15) is 0 Å². The Morgan fingerprint density at radius 3 is 2.39 bits per heavy atom. The molecule has 1 atom stereocenters. The molecule has 0 amide bonds. The first-order valence-electron chi connectivity index (χ1n) is 5.99. The molecule has 0 bridgehead atoms. The lowest BCUT2D eigenvalue weighted by atomic mass is 10.1. The van der Waals surface area contributed by atoms with Crippen LogP contribution in [0.15, 0.2) is 38.8 Å². The van der Waals surface area contributed by atoms with Crippen molar-refractivity contribution in [3.63, 3.8) is 0 Å². The second-order valence-electron chi connectivity index (χ2n) is 4.30. The van der Waals surface area contributed by atoms with Crippen molar-refractivity contribution in [1.82, 2.24) is 10.3 Å². The molecule has 2 aromatic rings. The van der Waals surface area contributed by atoms with Crippen LogP contribution in [0, 0.1) is 13.8 Å². The van der Waals surface area contributed by atoms with Gasteiger partial charge in [0.25, 0.3) is 5.22 Å². The van der Waals surface area contributed by atoms with Crippen LogP contribution in [-0.4, -0.2) is 12.0 Å². The van der Waals surface area contributed by atoms with Crippen LogP contribution in [-0.2, 0) is 0 Å². The van der Waals surface area contributed by atoms with Gasteiger partial charge in [0.1, 0.15) is 5.76 Å². The molecule has 3 nitrogen and oxygen atoms in total. The summed E-state index contributed by atoms with van der Waals surface area (Å²) < 4.78 is 5.56. The van der Waals surface area contributed by atoms with Crippen LogP contribution in [0.2, 0.25) is 0 Å². The molecule has 0 aliphatic carbocycles. The SMILES string of the molecule is CNC(C)c1ccc(Sc2nc(C)c(C)o2)cc1.